The molecule has 2 aliphatic rings. The summed E-state index contributed by atoms with van der Waals surface area (Å²) in [5.74, 6) is -1.62. The number of carbonyl (C=O) groups excluding carboxylic acids is 4. The van der Waals surface area contributed by atoms with E-state index in [1.807, 2.05) is 0 Å². The Morgan fingerprint density at radius 1 is 1.02 bits per heavy atom. The van der Waals surface area contributed by atoms with Gasteiger partial charge < -0.3 is 30.3 Å². The average Bonchev–Trinajstić information content (AvgIpc) is 3.04. The first-order chi connectivity index (χ1) is 21.3. The third-order valence-corrected chi connectivity index (χ3v) is 7.11. The Morgan fingerprint density at radius 2 is 1.80 bits per heavy atom. The third-order valence-electron chi connectivity index (χ3n) is 7.11. The van der Waals surface area contributed by atoms with E-state index in [1.165, 1.54) is 37.7 Å². The summed E-state index contributed by atoms with van der Waals surface area (Å²) in [6.07, 6.45) is 4.35. The lowest BCUT2D eigenvalue weighted by atomic mass is 10.1. The van der Waals surface area contributed by atoms with Crippen LogP contribution in [0.15, 0.2) is 60.9 Å². The number of amides is 4. The van der Waals surface area contributed by atoms with Crippen molar-refractivity contribution in [1.29, 1.82) is 0 Å². The Bertz CT molecular complexity index is 1490. The van der Waals surface area contributed by atoms with Crippen LogP contribution >= 0.6 is 0 Å². The van der Waals surface area contributed by atoms with Crippen LogP contribution in [0.3, 0.4) is 0 Å². The minimum Gasteiger partial charge on any atom is -0.493 e. The number of halogens is 1. The molecule has 2 aliphatic heterocycles. The van der Waals surface area contributed by atoms with Gasteiger partial charge in [-0.1, -0.05) is 13.0 Å². The molecule has 0 fully saturated rings. The number of methoxy groups -OCH3 is 1. The third kappa shape index (κ3) is 8.52. The maximum Gasteiger partial charge on any atom is 0.253 e. The number of pyridine rings is 1. The number of hydrogen-bond acceptors (Lipinski definition) is 7. The fourth-order valence-corrected chi connectivity index (χ4v) is 4.68. The molecular formula is C32H36FN5O6. The molecule has 3 N–H and O–H groups in total. The van der Waals surface area contributed by atoms with Crippen LogP contribution in [0.2, 0.25) is 0 Å². The Labute approximate surface area is 255 Å². The smallest absolute Gasteiger partial charge is 0.253 e. The van der Waals surface area contributed by atoms with Gasteiger partial charge in [0, 0.05) is 56.1 Å². The predicted molar refractivity (Wildman–Crippen MR) is 160 cm³/mol. The van der Waals surface area contributed by atoms with Gasteiger partial charge in [-0.15, -0.1) is 0 Å². The summed E-state index contributed by atoms with van der Waals surface area (Å²) < 4.78 is 26.1. The van der Waals surface area contributed by atoms with Gasteiger partial charge in [-0.3, -0.25) is 24.2 Å². The van der Waals surface area contributed by atoms with Crippen LogP contribution in [-0.2, 0) is 16.1 Å². The number of aromatic nitrogens is 1. The van der Waals surface area contributed by atoms with E-state index >= 15 is 0 Å². The Kier molecular flexibility index (Phi) is 11.2. The molecular weight excluding hydrogens is 569 g/mol. The van der Waals surface area contributed by atoms with Crippen LogP contribution in [0.1, 0.15) is 58.9 Å². The number of carbonyl (C=O) groups is 4. The summed E-state index contributed by atoms with van der Waals surface area (Å²) in [5, 5.41) is 8.32. The molecule has 4 amide bonds. The molecule has 1 atom stereocenters. The second-order valence-corrected chi connectivity index (χ2v) is 10.2. The van der Waals surface area contributed by atoms with Gasteiger partial charge in [-0.05, 0) is 67.3 Å². The van der Waals surface area contributed by atoms with E-state index in [9.17, 15) is 23.6 Å². The van der Waals surface area contributed by atoms with Gasteiger partial charge in [0.05, 0.1) is 7.11 Å². The first-order valence-corrected chi connectivity index (χ1v) is 14.5. The highest BCUT2D eigenvalue weighted by Crippen LogP contribution is 2.34. The average molecular weight is 606 g/mol. The van der Waals surface area contributed by atoms with Crippen molar-refractivity contribution in [1.82, 2.24) is 25.8 Å². The van der Waals surface area contributed by atoms with Gasteiger partial charge in [0.2, 0.25) is 11.8 Å². The lowest BCUT2D eigenvalue weighted by molar-refractivity contribution is -0.129. The van der Waals surface area contributed by atoms with E-state index in [2.05, 4.69) is 20.9 Å². The summed E-state index contributed by atoms with van der Waals surface area (Å²) in [6, 6.07) is 11.3. The summed E-state index contributed by atoms with van der Waals surface area (Å²) in [7, 11) is 1.44. The Hall–Kier alpha value is -5.00. The van der Waals surface area contributed by atoms with Crippen molar-refractivity contribution in [2.24, 2.45) is 0 Å². The van der Waals surface area contributed by atoms with E-state index in [0.717, 1.165) is 0 Å². The fourth-order valence-electron chi connectivity index (χ4n) is 4.68. The van der Waals surface area contributed by atoms with Gasteiger partial charge in [0.1, 0.15) is 6.04 Å². The van der Waals surface area contributed by atoms with E-state index < -0.39 is 17.8 Å². The quantitative estimate of drug-likeness (QED) is 0.415. The van der Waals surface area contributed by atoms with Crippen molar-refractivity contribution in [2.75, 3.05) is 26.7 Å². The van der Waals surface area contributed by atoms with Crippen LogP contribution in [0.4, 0.5) is 4.39 Å². The molecule has 3 aromatic rings. The number of nitrogens with one attached hydrogen (secondary N) is 3. The molecule has 12 heteroatoms. The topological polar surface area (TPSA) is 139 Å². The zero-order valence-corrected chi connectivity index (χ0v) is 24.7. The van der Waals surface area contributed by atoms with Crippen molar-refractivity contribution in [3.05, 3.63) is 83.4 Å². The van der Waals surface area contributed by atoms with Crippen molar-refractivity contribution in [2.45, 2.75) is 45.2 Å². The second-order valence-electron chi connectivity index (χ2n) is 10.2. The number of hydrogen-bond donors (Lipinski definition) is 3. The maximum absolute atomic E-state index is 15.0. The van der Waals surface area contributed by atoms with Gasteiger partial charge in [-0.2, -0.15) is 0 Å². The summed E-state index contributed by atoms with van der Waals surface area (Å²) in [6.45, 7) is 2.71. The SMILES string of the molecule is CC[C@@H]1NC(=O)CCCN(C(=O)c2ccncc2)CCCNC(=O)c2ccc(OC)c(c2)Oc2ccc(cc2F)CNC1=O. The zero-order chi connectivity index (χ0) is 31.5. The van der Waals surface area contributed by atoms with Crippen LogP contribution in [0, 0.1) is 5.82 Å². The highest BCUT2D eigenvalue weighted by atomic mass is 19.1. The molecule has 0 saturated heterocycles. The van der Waals surface area contributed by atoms with E-state index in [4.69, 9.17) is 9.47 Å². The summed E-state index contributed by atoms with van der Waals surface area (Å²) in [4.78, 5) is 57.3. The number of rotatable bonds is 3. The highest BCUT2D eigenvalue weighted by Gasteiger charge is 2.21. The number of nitrogens with zero attached hydrogens (tertiary/aromatic N) is 2. The summed E-state index contributed by atoms with van der Waals surface area (Å²) >= 11 is 0. The molecule has 44 heavy (non-hydrogen) atoms. The molecule has 1 aromatic heterocycles. The first kappa shape index (κ1) is 31.9. The molecule has 232 valence electrons. The van der Waals surface area contributed by atoms with Crippen LogP contribution in [0.25, 0.3) is 0 Å². The van der Waals surface area contributed by atoms with E-state index in [1.54, 1.807) is 42.2 Å². The second kappa shape index (κ2) is 15.5. The molecule has 2 aromatic carbocycles. The lowest BCUT2D eigenvalue weighted by Gasteiger charge is -2.23. The predicted octanol–water partition coefficient (Wildman–Crippen LogP) is 3.59. The van der Waals surface area contributed by atoms with Gasteiger partial charge in [0.15, 0.2) is 23.1 Å². The Morgan fingerprint density at radius 3 is 2.52 bits per heavy atom. The van der Waals surface area contributed by atoms with Gasteiger partial charge in [-0.25, -0.2) is 4.39 Å². The fraction of sp³-hybridized carbons (Fsp3) is 0.344. The van der Waals surface area contributed by atoms with Crippen molar-refractivity contribution in [3.63, 3.8) is 0 Å². The van der Waals surface area contributed by atoms with Crippen LogP contribution < -0.4 is 25.4 Å². The van der Waals surface area contributed by atoms with Crippen molar-refractivity contribution in [3.8, 4) is 17.2 Å². The maximum atomic E-state index is 15.0. The standard InChI is InChI=1S/C32H36FN5O6/c1-3-25-31(41)36-20-21-7-9-26(24(33)18-21)44-28-19-23(8-10-27(28)43-2)30(40)35-13-5-17-38(16-4-6-29(39)37-25)32(42)22-11-14-34-15-12-22/h7-12,14-15,18-19,25H,3-6,13,16-17,20H2,1-2H3,(H,35,40)(H,36,41)(H,37,39)/t25-/m0/s1. The molecule has 0 radical (unpaired) electrons. The monoisotopic (exact) mass is 605 g/mol. The van der Waals surface area contributed by atoms with Gasteiger partial charge >= 0.3 is 0 Å². The lowest BCUT2D eigenvalue weighted by Crippen LogP contribution is -2.46. The Balaban J connectivity index is 1.56. The largest absolute Gasteiger partial charge is 0.493 e. The number of benzene rings is 2. The zero-order valence-electron chi connectivity index (χ0n) is 24.7. The number of fused-ring (bicyclic) bond motifs is 16. The first-order valence-electron chi connectivity index (χ1n) is 14.5. The van der Waals surface area contributed by atoms with E-state index in [-0.39, 0.29) is 54.3 Å². The molecule has 11 nitrogen and oxygen atoms in total. The van der Waals surface area contributed by atoms with Crippen LogP contribution in [-0.4, -0.2) is 66.3 Å². The van der Waals surface area contributed by atoms with Gasteiger partial charge in [0.25, 0.3) is 11.8 Å². The molecule has 3 heterocycles. The molecule has 0 aliphatic carbocycles. The van der Waals surface area contributed by atoms with Crippen LogP contribution in [0.5, 0.6) is 17.2 Å². The van der Waals surface area contributed by atoms with Crippen molar-refractivity contribution >= 4 is 23.6 Å². The number of ether oxygens (including phenoxy) is 2. The molecule has 0 spiro atoms. The molecule has 5 rings (SSSR count). The summed E-state index contributed by atoms with van der Waals surface area (Å²) in [5.41, 5.74) is 1.23. The molecule has 4 bridgehead atoms. The highest BCUT2D eigenvalue weighted by molar-refractivity contribution is 5.95. The molecule has 0 saturated carbocycles. The minimum atomic E-state index is -0.769. The molecule has 0 unspecified atom stereocenters. The minimum absolute atomic E-state index is 0.0352. The normalized spacial score (nSPS) is 17.1. The van der Waals surface area contributed by atoms with Crippen molar-refractivity contribution < 1.29 is 33.0 Å². The van der Waals surface area contributed by atoms with E-state index in [0.29, 0.717) is 49.2 Å².